The van der Waals surface area contributed by atoms with Crippen LogP contribution in [0, 0.1) is 10.1 Å². The van der Waals surface area contributed by atoms with E-state index >= 15 is 0 Å². The number of nitrogens with one attached hydrogen (secondary N) is 2. The highest BCUT2D eigenvalue weighted by molar-refractivity contribution is 5.91. The first-order valence-corrected chi connectivity index (χ1v) is 9.70. The molecule has 0 radical (unpaired) electrons. The number of nitro groups is 1. The second kappa shape index (κ2) is 11.3. The highest BCUT2D eigenvalue weighted by atomic mass is 16.6. The minimum absolute atomic E-state index is 0.0210. The van der Waals surface area contributed by atoms with Crippen LogP contribution in [0.4, 0.5) is 33.5 Å². The Hall–Kier alpha value is -4.42. The summed E-state index contributed by atoms with van der Waals surface area (Å²) in [4.78, 5) is 51.6. The molecule has 0 aliphatic carbocycles. The number of hydrogen-bond donors (Lipinski definition) is 3. The van der Waals surface area contributed by atoms with E-state index in [1.165, 1.54) is 13.2 Å². The quantitative estimate of drug-likeness (QED) is 0.268. The van der Waals surface area contributed by atoms with Gasteiger partial charge in [-0.2, -0.15) is 0 Å². The number of Topliss-reactive ketones (excluding diaryl/α,β-unsaturated/α-hetero) is 1. The van der Waals surface area contributed by atoms with Crippen LogP contribution in [0.25, 0.3) is 0 Å². The van der Waals surface area contributed by atoms with Crippen LogP contribution in [-0.2, 0) is 14.3 Å². The Morgan fingerprint density at radius 2 is 1.91 bits per heavy atom. The van der Waals surface area contributed by atoms with E-state index in [1.807, 2.05) is 0 Å². The van der Waals surface area contributed by atoms with Crippen LogP contribution >= 0.6 is 0 Å². The molecule has 176 valence electrons. The van der Waals surface area contributed by atoms with Gasteiger partial charge in [0.25, 0.3) is 0 Å². The first-order valence-electron chi connectivity index (χ1n) is 9.70. The van der Waals surface area contributed by atoms with Crippen LogP contribution in [0.3, 0.4) is 0 Å². The molecule has 0 saturated heterocycles. The van der Waals surface area contributed by atoms with Crippen LogP contribution in [0.1, 0.15) is 17.3 Å². The predicted octanol–water partition coefficient (Wildman–Crippen LogP) is 2.04. The van der Waals surface area contributed by atoms with Gasteiger partial charge in [-0.3, -0.25) is 20.2 Å². The monoisotopic (exact) mass is 460 g/mol. The molecule has 1 heterocycles. The number of aromatic nitrogens is 1. The molecule has 13 nitrogen and oxygen atoms in total. The molecule has 4 N–H and O–H groups in total. The molecule has 0 unspecified atom stereocenters. The van der Waals surface area contributed by atoms with Gasteiger partial charge in [-0.25, -0.2) is 14.6 Å². The van der Waals surface area contributed by atoms with E-state index in [9.17, 15) is 24.5 Å². The second-order valence-electron chi connectivity index (χ2n) is 6.68. The molecule has 0 atom stereocenters. The zero-order chi connectivity index (χ0) is 24.5. The van der Waals surface area contributed by atoms with Crippen molar-refractivity contribution < 1.29 is 28.8 Å². The molecular formula is C20H24N6O7. The van der Waals surface area contributed by atoms with Crippen molar-refractivity contribution in [2.24, 2.45) is 0 Å². The number of amides is 1. The molecule has 13 heteroatoms. The number of carbonyl (C=O) groups excluding carboxylic acids is 3. The highest BCUT2D eigenvalue weighted by Gasteiger charge is 2.23. The van der Waals surface area contributed by atoms with Gasteiger partial charge < -0.3 is 25.4 Å². The molecule has 0 saturated carbocycles. The summed E-state index contributed by atoms with van der Waals surface area (Å²) < 4.78 is 9.39. The molecule has 0 bridgehead atoms. The van der Waals surface area contributed by atoms with Gasteiger partial charge in [-0.15, -0.1) is 0 Å². The number of esters is 1. The summed E-state index contributed by atoms with van der Waals surface area (Å²) in [6, 6.07) is 7.65. The minimum atomic E-state index is -0.805. The average molecular weight is 460 g/mol. The maximum atomic E-state index is 12.5. The lowest BCUT2D eigenvalue weighted by Crippen LogP contribution is -2.30. The minimum Gasteiger partial charge on any atom is -0.465 e. The molecule has 2 rings (SSSR count). The number of hydrogen-bond acceptors (Lipinski definition) is 11. The van der Waals surface area contributed by atoms with Gasteiger partial charge in [0.15, 0.2) is 5.78 Å². The van der Waals surface area contributed by atoms with E-state index in [0.29, 0.717) is 11.3 Å². The predicted molar refractivity (Wildman–Crippen MR) is 120 cm³/mol. The number of benzene rings is 1. The number of pyridine rings is 1. The Bertz CT molecular complexity index is 1040. The topological polar surface area (TPSA) is 179 Å². The number of methoxy groups -OCH3 is 1. The van der Waals surface area contributed by atoms with Crippen LogP contribution < -0.4 is 21.3 Å². The van der Waals surface area contributed by atoms with Crippen molar-refractivity contribution >= 4 is 46.5 Å². The summed E-state index contributed by atoms with van der Waals surface area (Å²) in [7, 11) is 2.96. The van der Waals surface area contributed by atoms with Crippen molar-refractivity contribution in [3.05, 3.63) is 46.0 Å². The Morgan fingerprint density at radius 3 is 2.48 bits per heavy atom. The fraction of sp³-hybridized carbons (Fsp3) is 0.300. The number of ether oxygens (including phenoxy) is 2. The fourth-order valence-corrected chi connectivity index (χ4v) is 2.80. The molecule has 1 amide bonds. The van der Waals surface area contributed by atoms with Crippen molar-refractivity contribution in [1.82, 2.24) is 4.98 Å². The third-order valence-electron chi connectivity index (χ3n) is 4.33. The van der Waals surface area contributed by atoms with Crippen molar-refractivity contribution in [3.63, 3.8) is 0 Å². The molecule has 2 aromatic rings. The fourth-order valence-electron chi connectivity index (χ4n) is 2.80. The summed E-state index contributed by atoms with van der Waals surface area (Å²) in [5.74, 6) is -1.28. The number of carbonyl (C=O) groups is 3. The van der Waals surface area contributed by atoms with Gasteiger partial charge in [-0.1, -0.05) is 0 Å². The largest absolute Gasteiger partial charge is 0.465 e. The molecule has 0 aliphatic heterocycles. The van der Waals surface area contributed by atoms with E-state index in [0.717, 1.165) is 0 Å². The molecule has 1 aromatic heterocycles. The van der Waals surface area contributed by atoms with Gasteiger partial charge in [0, 0.05) is 18.8 Å². The van der Waals surface area contributed by atoms with E-state index in [1.54, 1.807) is 43.1 Å². The van der Waals surface area contributed by atoms with E-state index in [4.69, 9.17) is 10.5 Å². The summed E-state index contributed by atoms with van der Waals surface area (Å²) >= 11 is 0. The van der Waals surface area contributed by atoms with Crippen molar-refractivity contribution in [3.8, 4) is 0 Å². The number of nitrogen functional groups attached to an aromatic ring is 1. The van der Waals surface area contributed by atoms with Gasteiger partial charge in [0.05, 0.1) is 37.3 Å². The molecule has 1 aromatic carbocycles. The van der Waals surface area contributed by atoms with Crippen molar-refractivity contribution in [1.29, 1.82) is 0 Å². The van der Waals surface area contributed by atoms with Gasteiger partial charge in [0.1, 0.15) is 11.5 Å². The Kier molecular flexibility index (Phi) is 8.49. The lowest BCUT2D eigenvalue weighted by atomic mass is 10.2. The lowest BCUT2D eigenvalue weighted by Gasteiger charge is -2.19. The number of ketones is 1. The zero-order valence-electron chi connectivity index (χ0n) is 18.3. The SMILES string of the molecule is CCOC(=O)Nc1cc(NCC(=O)CN(C)c2ccc(C(=O)OC)cc2)c([N+](=O)[O-])c(N)n1. The standard InChI is InChI=1S/C20H24N6O7/c1-4-33-20(29)24-16-9-15(17(26(30)31)18(21)23-16)22-10-14(27)11-25(2)13-7-5-12(6-8-13)19(28)32-3/h5-9H,4,10-11H2,1-3H3,(H4,21,22,23,24,29). The van der Waals surface area contributed by atoms with Gasteiger partial charge >= 0.3 is 17.7 Å². The summed E-state index contributed by atoms with van der Waals surface area (Å²) in [6.45, 7) is 1.45. The number of nitrogens with two attached hydrogens (primary N) is 1. The number of nitrogens with zero attached hydrogens (tertiary/aromatic N) is 3. The number of rotatable bonds is 10. The van der Waals surface area contributed by atoms with Crippen LogP contribution in [0.2, 0.25) is 0 Å². The van der Waals surface area contributed by atoms with Gasteiger partial charge in [0.2, 0.25) is 5.82 Å². The van der Waals surface area contributed by atoms with Crippen LogP contribution in [0.5, 0.6) is 0 Å². The highest BCUT2D eigenvalue weighted by Crippen LogP contribution is 2.32. The van der Waals surface area contributed by atoms with E-state index in [2.05, 4.69) is 20.4 Å². The van der Waals surface area contributed by atoms with E-state index < -0.39 is 28.5 Å². The van der Waals surface area contributed by atoms with Crippen LogP contribution in [0.15, 0.2) is 30.3 Å². The first kappa shape index (κ1) is 24.8. The van der Waals surface area contributed by atoms with Crippen molar-refractivity contribution in [2.45, 2.75) is 6.92 Å². The van der Waals surface area contributed by atoms with Crippen LogP contribution in [-0.4, -0.2) is 61.6 Å². The second-order valence-corrected chi connectivity index (χ2v) is 6.68. The third-order valence-corrected chi connectivity index (χ3v) is 4.33. The maximum absolute atomic E-state index is 12.5. The Labute approximate surface area is 189 Å². The van der Waals surface area contributed by atoms with Gasteiger partial charge in [-0.05, 0) is 31.2 Å². The number of likely N-dealkylation sites (N-methyl/N-ethyl adjacent to an activating group) is 1. The lowest BCUT2D eigenvalue weighted by molar-refractivity contribution is -0.383. The first-order chi connectivity index (χ1) is 15.7. The summed E-state index contributed by atoms with van der Waals surface area (Å²) in [5, 5.41) is 16.4. The molecule has 0 aliphatic rings. The van der Waals surface area contributed by atoms with E-state index in [-0.39, 0.29) is 37.0 Å². The maximum Gasteiger partial charge on any atom is 0.412 e. The zero-order valence-corrected chi connectivity index (χ0v) is 18.3. The summed E-state index contributed by atoms with van der Waals surface area (Å²) in [6.07, 6.45) is -0.805. The normalized spacial score (nSPS) is 10.2. The smallest absolute Gasteiger partial charge is 0.412 e. The number of anilines is 4. The molecule has 0 fully saturated rings. The average Bonchev–Trinajstić information content (AvgIpc) is 2.76. The Balaban J connectivity index is 2.08. The molecule has 33 heavy (non-hydrogen) atoms. The summed E-state index contributed by atoms with van der Waals surface area (Å²) in [5.41, 5.74) is 6.11. The van der Waals surface area contributed by atoms with Crippen molar-refractivity contribution in [2.75, 3.05) is 55.1 Å². The molecular weight excluding hydrogens is 436 g/mol. The molecule has 0 spiro atoms. The third kappa shape index (κ3) is 6.78. The Morgan fingerprint density at radius 1 is 1.24 bits per heavy atom.